The molecule has 0 heteroatoms. The molecular formula is C19H18. The number of hydrogen-bond acceptors (Lipinski definition) is 0. The minimum absolute atomic E-state index is 1.32. The lowest BCUT2D eigenvalue weighted by atomic mass is 9.90. The van der Waals surface area contributed by atoms with Gasteiger partial charge in [-0.3, -0.25) is 0 Å². The van der Waals surface area contributed by atoms with Crippen LogP contribution in [0.5, 0.6) is 0 Å². The van der Waals surface area contributed by atoms with Gasteiger partial charge in [0.15, 0.2) is 0 Å². The van der Waals surface area contributed by atoms with Crippen LogP contribution in [0.4, 0.5) is 0 Å². The van der Waals surface area contributed by atoms with Crippen LogP contribution >= 0.6 is 0 Å². The summed E-state index contributed by atoms with van der Waals surface area (Å²) in [6.45, 7) is 6.63. The van der Waals surface area contributed by atoms with Crippen LogP contribution in [-0.4, -0.2) is 0 Å². The van der Waals surface area contributed by atoms with Gasteiger partial charge in [-0.1, -0.05) is 48.5 Å². The van der Waals surface area contributed by atoms with Gasteiger partial charge in [0.1, 0.15) is 0 Å². The van der Waals surface area contributed by atoms with Crippen molar-refractivity contribution in [2.75, 3.05) is 0 Å². The molecule has 0 atom stereocenters. The maximum atomic E-state index is 2.32. The Labute approximate surface area is 114 Å². The molecule has 3 aromatic carbocycles. The molecule has 0 heterocycles. The zero-order valence-corrected chi connectivity index (χ0v) is 11.7. The second-order valence-electron chi connectivity index (χ2n) is 5.21. The van der Waals surface area contributed by atoms with Gasteiger partial charge in [0, 0.05) is 0 Å². The van der Waals surface area contributed by atoms with Crippen LogP contribution < -0.4 is 0 Å². The molecule has 0 spiro atoms. The minimum atomic E-state index is 1.32. The van der Waals surface area contributed by atoms with Crippen molar-refractivity contribution < 1.29 is 0 Å². The van der Waals surface area contributed by atoms with Crippen LogP contribution in [0, 0.1) is 20.8 Å². The van der Waals surface area contributed by atoms with Crippen molar-refractivity contribution in [2.45, 2.75) is 20.8 Å². The third-order valence-electron chi connectivity index (χ3n) is 4.07. The molecule has 0 aliphatic rings. The van der Waals surface area contributed by atoms with E-state index in [1.807, 2.05) is 0 Å². The Balaban J connectivity index is 2.37. The molecule has 0 fully saturated rings. The van der Waals surface area contributed by atoms with Crippen molar-refractivity contribution >= 4 is 10.8 Å². The molecule has 0 unspecified atom stereocenters. The lowest BCUT2D eigenvalue weighted by Crippen LogP contribution is -1.91. The first kappa shape index (κ1) is 12.0. The minimum Gasteiger partial charge on any atom is -0.0620 e. The van der Waals surface area contributed by atoms with Crippen LogP contribution in [0.25, 0.3) is 21.9 Å². The van der Waals surface area contributed by atoms with Crippen LogP contribution in [0.15, 0.2) is 54.6 Å². The van der Waals surface area contributed by atoms with Crippen LogP contribution in [0.1, 0.15) is 16.7 Å². The van der Waals surface area contributed by atoms with E-state index in [1.165, 1.54) is 38.6 Å². The van der Waals surface area contributed by atoms with Crippen LogP contribution in [0.2, 0.25) is 0 Å². The highest BCUT2D eigenvalue weighted by molar-refractivity contribution is 5.92. The topological polar surface area (TPSA) is 0 Å². The van der Waals surface area contributed by atoms with E-state index in [-0.39, 0.29) is 0 Å². The number of benzene rings is 3. The van der Waals surface area contributed by atoms with Gasteiger partial charge >= 0.3 is 0 Å². The highest BCUT2D eigenvalue weighted by atomic mass is 14.1. The normalized spacial score (nSPS) is 10.9. The fourth-order valence-electron chi connectivity index (χ4n) is 2.79. The molecule has 0 aliphatic heterocycles. The SMILES string of the molecule is Cc1ccccc1-c1cc2ccccc2c(C)c1C. The monoisotopic (exact) mass is 246 g/mol. The average molecular weight is 246 g/mol. The van der Waals surface area contributed by atoms with Crippen molar-refractivity contribution in [3.8, 4) is 11.1 Å². The molecule has 0 aromatic heterocycles. The molecule has 0 nitrogen and oxygen atoms in total. The maximum Gasteiger partial charge on any atom is -0.0143 e. The molecule has 0 saturated heterocycles. The second kappa shape index (κ2) is 4.55. The molecule has 0 amide bonds. The summed E-state index contributed by atoms with van der Waals surface area (Å²) < 4.78 is 0. The molecule has 0 saturated carbocycles. The molecular weight excluding hydrogens is 228 g/mol. The van der Waals surface area contributed by atoms with Gasteiger partial charge in [-0.2, -0.15) is 0 Å². The maximum absolute atomic E-state index is 2.32. The zero-order chi connectivity index (χ0) is 13.4. The Morgan fingerprint density at radius 1 is 0.632 bits per heavy atom. The van der Waals surface area contributed by atoms with Crippen LogP contribution in [-0.2, 0) is 0 Å². The Morgan fingerprint density at radius 3 is 2.11 bits per heavy atom. The van der Waals surface area contributed by atoms with E-state index in [0.29, 0.717) is 0 Å². The molecule has 94 valence electrons. The predicted octanol–water partition coefficient (Wildman–Crippen LogP) is 5.43. The summed E-state index contributed by atoms with van der Waals surface area (Å²) in [5.41, 5.74) is 6.80. The van der Waals surface area contributed by atoms with Crippen molar-refractivity contribution in [3.63, 3.8) is 0 Å². The van der Waals surface area contributed by atoms with Gasteiger partial charge in [0.2, 0.25) is 0 Å². The van der Waals surface area contributed by atoms with E-state index < -0.39 is 0 Å². The second-order valence-corrected chi connectivity index (χ2v) is 5.21. The highest BCUT2D eigenvalue weighted by Gasteiger charge is 2.09. The summed E-state index contributed by atoms with van der Waals surface area (Å²) in [7, 11) is 0. The smallest absolute Gasteiger partial charge is 0.0143 e. The van der Waals surface area contributed by atoms with Gasteiger partial charge in [-0.05, 0) is 65.4 Å². The van der Waals surface area contributed by atoms with Gasteiger partial charge in [-0.25, -0.2) is 0 Å². The summed E-state index contributed by atoms with van der Waals surface area (Å²) in [5, 5.41) is 2.68. The van der Waals surface area contributed by atoms with Crippen LogP contribution in [0.3, 0.4) is 0 Å². The van der Waals surface area contributed by atoms with Crippen molar-refractivity contribution in [2.24, 2.45) is 0 Å². The molecule has 3 aromatic rings. The van der Waals surface area contributed by atoms with Crippen molar-refractivity contribution in [1.82, 2.24) is 0 Å². The molecule has 0 bridgehead atoms. The zero-order valence-electron chi connectivity index (χ0n) is 11.7. The van der Waals surface area contributed by atoms with Gasteiger partial charge in [0.05, 0.1) is 0 Å². The Morgan fingerprint density at radius 2 is 1.32 bits per heavy atom. The Kier molecular flexibility index (Phi) is 2.87. The van der Waals surface area contributed by atoms with E-state index in [4.69, 9.17) is 0 Å². The largest absolute Gasteiger partial charge is 0.0620 e. The summed E-state index contributed by atoms with van der Waals surface area (Å²) in [5.74, 6) is 0. The molecule has 0 aliphatic carbocycles. The summed E-state index contributed by atoms with van der Waals surface area (Å²) >= 11 is 0. The van der Waals surface area contributed by atoms with E-state index in [2.05, 4.69) is 75.4 Å². The lowest BCUT2D eigenvalue weighted by Gasteiger charge is -2.14. The molecule has 19 heavy (non-hydrogen) atoms. The van der Waals surface area contributed by atoms with Gasteiger partial charge in [0.25, 0.3) is 0 Å². The van der Waals surface area contributed by atoms with Gasteiger partial charge < -0.3 is 0 Å². The quantitative estimate of drug-likeness (QED) is 0.537. The predicted molar refractivity (Wildman–Crippen MR) is 83.6 cm³/mol. The number of aryl methyl sites for hydroxylation is 2. The summed E-state index contributed by atoms with van der Waals surface area (Å²) in [6.07, 6.45) is 0. The van der Waals surface area contributed by atoms with E-state index >= 15 is 0 Å². The number of fused-ring (bicyclic) bond motifs is 1. The first-order valence-corrected chi connectivity index (χ1v) is 6.73. The van der Waals surface area contributed by atoms with E-state index in [1.54, 1.807) is 0 Å². The average Bonchev–Trinajstić information content (AvgIpc) is 2.44. The summed E-state index contributed by atoms with van der Waals surface area (Å²) in [6, 6.07) is 19.6. The van der Waals surface area contributed by atoms with Gasteiger partial charge in [-0.15, -0.1) is 0 Å². The lowest BCUT2D eigenvalue weighted by molar-refractivity contribution is 1.36. The molecule has 0 N–H and O–H groups in total. The third kappa shape index (κ3) is 1.94. The summed E-state index contributed by atoms with van der Waals surface area (Å²) in [4.78, 5) is 0. The molecule has 0 radical (unpaired) electrons. The molecule has 3 rings (SSSR count). The van der Waals surface area contributed by atoms with Crippen molar-refractivity contribution in [3.05, 3.63) is 71.3 Å². The highest BCUT2D eigenvalue weighted by Crippen LogP contribution is 2.33. The number of hydrogen-bond donors (Lipinski definition) is 0. The fraction of sp³-hybridized carbons (Fsp3) is 0.158. The van der Waals surface area contributed by atoms with Crippen molar-refractivity contribution in [1.29, 1.82) is 0 Å². The van der Waals surface area contributed by atoms with E-state index in [0.717, 1.165) is 0 Å². The standard InChI is InChI=1S/C19H18/c1-13-8-4-6-10-17(13)19-12-16-9-5-7-11-18(16)14(2)15(19)3/h4-12H,1-3H3. The first-order valence-electron chi connectivity index (χ1n) is 6.73. The first-order chi connectivity index (χ1) is 9.18. The Bertz CT molecular complexity index is 751. The third-order valence-corrected chi connectivity index (χ3v) is 4.07. The Hall–Kier alpha value is -2.08. The van der Waals surface area contributed by atoms with E-state index in [9.17, 15) is 0 Å². The fourth-order valence-corrected chi connectivity index (χ4v) is 2.79. The number of rotatable bonds is 1.